The van der Waals surface area contributed by atoms with E-state index in [0.29, 0.717) is 0 Å². The molecule has 0 saturated heterocycles. The van der Waals surface area contributed by atoms with Crippen molar-refractivity contribution >= 4 is 0 Å². The van der Waals surface area contributed by atoms with Crippen LogP contribution < -0.4 is 5.73 Å². The number of aromatic nitrogens is 1. The van der Waals surface area contributed by atoms with Gasteiger partial charge in [-0.05, 0) is 31.9 Å². The summed E-state index contributed by atoms with van der Waals surface area (Å²) in [5.74, 6) is 0. The molecule has 0 aliphatic heterocycles. The first kappa shape index (κ1) is 10.2. The topological polar surface area (TPSA) is 38.9 Å². The molecule has 2 heteroatoms. The van der Waals surface area contributed by atoms with Crippen molar-refractivity contribution in [2.75, 3.05) is 0 Å². The van der Waals surface area contributed by atoms with E-state index in [1.807, 2.05) is 13.0 Å². The summed E-state index contributed by atoms with van der Waals surface area (Å²) in [7, 11) is 0. The number of pyridine rings is 1. The van der Waals surface area contributed by atoms with Crippen LogP contribution >= 0.6 is 0 Å². The molecular formula is C11H18N2. The van der Waals surface area contributed by atoms with Crippen LogP contribution in [0.15, 0.2) is 12.1 Å². The Morgan fingerprint density at radius 2 is 2.08 bits per heavy atom. The van der Waals surface area contributed by atoms with Gasteiger partial charge in [0.2, 0.25) is 0 Å². The van der Waals surface area contributed by atoms with E-state index in [2.05, 4.69) is 24.9 Å². The van der Waals surface area contributed by atoms with Crippen molar-refractivity contribution < 1.29 is 0 Å². The zero-order valence-corrected chi connectivity index (χ0v) is 8.67. The zero-order valence-electron chi connectivity index (χ0n) is 8.67. The Morgan fingerprint density at radius 3 is 2.62 bits per heavy atom. The Labute approximate surface area is 80.2 Å². The van der Waals surface area contributed by atoms with Crippen LogP contribution in [0.3, 0.4) is 0 Å². The maximum atomic E-state index is 5.96. The fraction of sp³-hybridized carbons (Fsp3) is 0.545. The van der Waals surface area contributed by atoms with E-state index in [0.717, 1.165) is 24.2 Å². The van der Waals surface area contributed by atoms with Crippen LogP contribution in [0.1, 0.15) is 42.8 Å². The molecule has 0 aromatic carbocycles. The highest BCUT2D eigenvalue weighted by Gasteiger charge is 2.06. The van der Waals surface area contributed by atoms with Gasteiger partial charge in [0.15, 0.2) is 0 Å². The predicted octanol–water partition coefficient (Wildman–Crippen LogP) is 2.50. The molecule has 0 aliphatic carbocycles. The fourth-order valence-electron chi connectivity index (χ4n) is 1.32. The Kier molecular flexibility index (Phi) is 3.43. The van der Waals surface area contributed by atoms with Gasteiger partial charge in [-0.2, -0.15) is 0 Å². The predicted molar refractivity (Wildman–Crippen MR) is 55.5 cm³/mol. The fourth-order valence-corrected chi connectivity index (χ4v) is 1.32. The first-order valence-corrected chi connectivity index (χ1v) is 4.85. The molecular weight excluding hydrogens is 160 g/mol. The van der Waals surface area contributed by atoms with Gasteiger partial charge < -0.3 is 5.73 Å². The second kappa shape index (κ2) is 4.38. The maximum absolute atomic E-state index is 5.96. The summed E-state index contributed by atoms with van der Waals surface area (Å²) < 4.78 is 0. The molecule has 1 aromatic rings. The van der Waals surface area contributed by atoms with Crippen molar-refractivity contribution in [2.24, 2.45) is 5.73 Å². The smallest absolute Gasteiger partial charge is 0.0574 e. The Hall–Kier alpha value is -0.890. The lowest BCUT2D eigenvalue weighted by Crippen LogP contribution is -2.12. The molecule has 72 valence electrons. The molecule has 1 rings (SSSR count). The van der Waals surface area contributed by atoms with Crippen molar-refractivity contribution in [3.05, 3.63) is 29.1 Å². The summed E-state index contributed by atoms with van der Waals surface area (Å²) >= 11 is 0. The summed E-state index contributed by atoms with van der Waals surface area (Å²) in [6.07, 6.45) is 2.12. The van der Waals surface area contributed by atoms with Gasteiger partial charge in [-0.3, -0.25) is 4.98 Å². The minimum Gasteiger partial charge on any atom is -0.323 e. The molecule has 13 heavy (non-hydrogen) atoms. The maximum Gasteiger partial charge on any atom is 0.0574 e. The monoisotopic (exact) mass is 178 g/mol. The van der Waals surface area contributed by atoms with E-state index in [-0.39, 0.29) is 6.04 Å². The summed E-state index contributed by atoms with van der Waals surface area (Å²) in [6.45, 7) is 6.23. The molecule has 2 N–H and O–H groups in total. The minimum atomic E-state index is 0.101. The van der Waals surface area contributed by atoms with Gasteiger partial charge >= 0.3 is 0 Å². The van der Waals surface area contributed by atoms with E-state index in [9.17, 15) is 0 Å². The van der Waals surface area contributed by atoms with Crippen LogP contribution in [-0.4, -0.2) is 4.98 Å². The lowest BCUT2D eigenvalue weighted by atomic mass is 10.1. The molecule has 0 fully saturated rings. The van der Waals surface area contributed by atoms with E-state index < -0.39 is 0 Å². The Bertz CT molecular complexity index is 281. The van der Waals surface area contributed by atoms with Crippen molar-refractivity contribution in [3.8, 4) is 0 Å². The third-order valence-corrected chi connectivity index (χ3v) is 2.35. The third kappa shape index (κ3) is 2.52. The molecule has 1 atom stereocenters. The van der Waals surface area contributed by atoms with Crippen molar-refractivity contribution in [1.82, 2.24) is 4.98 Å². The van der Waals surface area contributed by atoms with Crippen LogP contribution in [0.2, 0.25) is 0 Å². The van der Waals surface area contributed by atoms with E-state index >= 15 is 0 Å². The molecule has 1 aromatic heterocycles. The standard InChI is InChI=1S/C11H18N2/c1-4-5-10(12)11-7-6-8(2)9(3)13-11/h6-7,10H,4-5,12H2,1-3H3. The van der Waals surface area contributed by atoms with Crippen LogP contribution in [0.25, 0.3) is 0 Å². The summed E-state index contributed by atoms with van der Waals surface area (Å²) in [5.41, 5.74) is 9.30. The Morgan fingerprint density at radius 1 is 1.38 bits per heavy atom. The summed E-state index contributed by atoms with van der Waals surface area (Å²) in [4.78, 5) is 4.47. The molecule has 2 nitrogen and oxygen atoms in total. The Balaban J connectivity index is 2.84. The highest BCUT2D eigenvalue weighted by atomic mass is 14.8. The van der Waals surface area contributed by atoms with Crippen LogP contribution in [0.4, 0.5) is 0 Å². The first-order chi connectivity index (χ1) is 6.15. The van der Waals surface area contributed by atoms with Crippen molar-refractivity contribution in [1.29, 1.82) is 0 Å². The van der Waals surface area contributed by atoms with E-state index in [1.165, 1.54) is 5.56 Å². The van der Waals surface area contributed by atoms with Gasteiger partial charge in [0.1, 0.15) is 0 Å². The molecule has 0 spiro atoms. The third-order valence-electron chi connectivity index (χ3n) is 2.35. The number of rotatable bonds is 3. The molecule has 0 aliphatic rings. The number of hydrogen-bond donors (Lipinski definition) is 1. The van der Waals surface area contributed by atoms with Crippen molar-refractivity contribution in [3.63, 3.8) is 0 Å². The molecule has 0 radical (unpaired) electrons. The molecule has 1 unspecified atom stereocenters. The zero-order chi connectivity index (χ0) is 9.84. The lowest BCUT2D eigenvalue weighted by molar-refractivity contribution is 0.619. The highest BCUT2D eigenvalue weighted by molar-refractivity contribution is 5.21. The van der Waals surface area contributed by atoms with Gasteiger partial charge in [-0.15, -0.1) is 0 Å². The van der Waals surface area contributed by atoms with Gasteiger partial charge in [-0.1, -0.05) is 19.4 Å². The first-order valence-electron chi connectivity index (χ1n) is 4.85. The molecule has 1 heterocycles. The molecule has 0 saturated carbocycles. The van der Waals surface area contributed by atoms with Crippen molar-refractivity contribution in [2.45, 2.75) is 39.7 Å². The molecule has 0 amide bonds. The number of nitrogens with zero attached hydrogens (tertiary/aromatic N) is 1. The molecule has 0 bridgehead atoms. The quantitative estimate of drug-likeness (QED) is 0.772. The number of nitrogens with two attached hydrogens (primary N) is 1. The van der Waals surface area contributed by atoms with Crippen LogP contribution in [-0.2, 0) is 0 Å². The highest BCUT2D eigenvalue weighted by Crippen LogP contribution is 2.15. The van der Waals surface area contributed by atoms with Gasteiger partial charge in [0.05, 0.1) is 5.69 Å². The number of aryl methyl sites for hydroxylation is 2. The average molecular weight is 178 g/mol. The number of hydrogen-bond acceptors (Lipinski definition) is 2. The van der Waals surface area contributed by atoms with E-state index in [4.69, 9.17) is 5.73 Å². The van der Waals surface area contributed by atoms with Gasteiger partial charge in [-0.25, -0.2) is 0 Å². The van der Waals surface area contributed by atoms with Crippen LogP contribution in [0, 0.1) is 13.8 Å². The second-order valence-electron chi connectivity index (χ2n) is 3.53. The van der Waals surface area contributed by atoms with E-state index in [1.54, 1.807) is 0 Å². The summed E-state index contributed by atoms with van der Waals surface area (Å²) in [6, 6.07) is 4.22. The SMILES string of the molecule is CCCC(N)c1ccc(C)c(C)n1. The summed E-state index contributed by atoms with van der Waals surface area (Å²) in [5, 5.41) is 0. The van der Waals surface area contributed by atoms with Crippen LogP contribution in [0.5, 0.6) is 0 Å². The normalized spacial score (nSPS) is 12.9. The average Bonchev–Trinajstić information content (AvgIpc) is 2.10. The minimum absolute atomic E-state index is 0.101. The lowest BCUT2D eigenvalue weighted by Gasteiger charge is -2.11. The van der Waals surface area contributed by atoms with Gasteiger partial charge in [0.25, 0.3) is 0 Å². The second-order valence-corrected chi connectivity index (χ2v) is 3.53. The van der Waals surface area contributed by atoms with Gasteiger partial charge in [0, 0.05) is 11.7 Å². The largest absolute Gasteiger partial charge is 0.323 e.